The highest BCUT2D eigenvalue weighted by molar-refractivity contribution is 5.66. The zero-order chi connectivity index (χ0) is 12.1. The zero-order valence-electron chi connectivity index (χ0n) is 9.72. The third-order valence-corrected chi connectivity index (χ3v) is 2.79. The summed E-state index contributed by atoms with van der Waals surface area (Å²) < 4.78 is 0. The van der Waals surface area contributed by atoms with E-state index in [0.29, 0.717) is 13.0 Å². The molecule has 2 rings (SSSR count). The number of carboxylic acids is 1. The van der Waals surface area contributed by atoms with Crippen LogP contribution in [0.1, 0.15) is 31.4 Å². The van der Waals surface area contributed by atoms with E-state index in [0.717, 1.165) is 23.9 Å². The molecule has 1 fully saturated rings. The lowest BCUT2D eigenvalue weighted by Gasteiger charge is -2.05. The SMILES string of the molecule is O=C(O)CCCNc1cc(CC2CC2)ncn1. The van der Waals surface area contributed by atoms with Crippen LogP contribution in [0.3, 0.4) is 0 Å². The van der Waals surface area contributed by atoms with E-state index < -0.39 is 5.97 Å². The number of carboxylic acid groups (broad SMARTS) is 1. The van der Waals surface area contributed by atoms with E-state index in [1.165, 1.54) is 12.8 Å². The average Bonchev–Trinajstić information content (AvgIpc) is 3.09. The van der Waals surface area contributed by atoms with E-state index in [9.17, 15) is 4.79 Å². The highest BCUT2D eigenvalue weighted by Gasteiger charge is 2.22. The number of hydrogen-bond acceptors (Lipinski definition) is 4. The third-order valence-electron chi connectivity index (χ3n) is 2.79. The molecule has 0 atom stereocenters. The minimum atomic E-state index is -0.760. The first kappa shape index (κ1) is 11.8. The van der Waals surface area contributed by atoms with E-state index in [1.807, 2.05) is 6.07 Å². The number of rotatable bonds is 7. The average molecular weight is 235 g/mol. The molecule has 1 saturated carbocycles. The number of hydrogen-bond donors (Lipinski definition) is 2. The Labute approximate surface area is 100 Å². The van der Waals surface area contributed by atoms with Gasteiger partial charge in [-0.2, -0.15) is 0 Å². The van der Waals surface area contributed by atoms with Gasteiger partial charge in [-0.25, -0.2) is 9.97 Å². The molecule has 0 saturated heterocycles. The number of nitrogens with one attached hydrogen (secondary N) is 1. The van der Waals surface area contributed by atoms with Crippen LogP contribution in [0.15, 0.2) is 12.4 Å². The van der Waals surface area contributed by atoms with E-state index in [1.54, 1.807) is 6.33 Å². The van der Waals surface area contributed by atoms with Gasteiger partial charge in [0.25, 0.3) is 0 Å². The molecule has 0 aliphatic heterocycles. The van der Waals surface area contributed by atoms with Crippen molar-refractivity contribution >= 4 is 11.8 Å². The highest BCUT2D eigenvalue weighted by atomic mass is 16.4. The van der Waals surface area contributed by atoms with Gasteiger partial charge in [0.05, 0.1) is 0 Å². The van der Waals surface area contributed by atoms with Gasteiger partial charge in [0.2, 0.25) is 0 Å². The summed E-state index contributed by atoms with van der Waals surface area (Å²) in [5, 5.41) is 11.6. The van der Waals surface area contributed by atoms with Crippen LogP contribution in [0, 0.1) is 5.92 Å². The van der Waals surface area contributed by atoms with Gasteiger partial charge in [-0.15, -0.1) is 0 Å². The van der Waals surface area contributed by atoms with Crippen LogP contribution >= 0.6 is 0 Å². The van der Waals surface area contributed by atoms with E-state index in [2.05, 4.69) is 15.3 Å². The van der Waals surface area contributed by atoms with Crippen LogP contribution in [-0.2, 0) is 11.2 Å². The molecule has 0 bridgehead atoms. The smallest absolute Gasteiger partial charge is 0.303 e. The summed E-state index contributed by atoms with van der Waals surface area (Å²) in [6.45, 7) is 0.631. The summed E-state index contributed by atoms with van der Waals surface area (Å²) in [7, 11) is 0. The summed E-state index contributed by atoms with van der Waals surface area (Å²) in [6.07, 6.45) is 6.02. The van der Waals surface area contributed by atoms with Crippen LogP contribution in [0.4, 0.5) is 5.82 Å². The molecule has 0 spiro atoms. The van der Waals surface area contributed by atoms with Crippen molar-refractivity contribution < 1.29 is 9.90 Å². The Morgan fingerprint density at radius 1 is 1.47 bits per heavy atom. The van der Waals surface area contributed by atoms with Crippen LogP contribution in [0.25, 0.3) is 0 Å². The lowest BCUT2D eigenvalue weighted by molar-refractivity contribution is -0.137. The molecule has 2 N–H and O–H groups in total. The van der Waals surface area contributed by atoms with Crippen molar-refractivity contribution in [1.82, 2.24) is 9.97 Å². The first-order valence-electron chi connectivity index (χ1n) is 6.00. The fourth-order valence-electron chi connectivity index (χ4n) is 1.68. The number of anilines is 1. The Morgan fingerprint density at radius 2 is 2.29 bits per heavy atom. The maximum Gasteiger partial charge on any atom is 0.303 e. The molecule has 0 amide bonds. The van der Waals surface area contributed by atoms with Gasteiger partial charge in [-0.05, 0) is 31.6 Å². The number of carbonyl (C=O) groups is 1. The molecule has 1 aliphatic rings. The first-order chi connectivity index (χ1) is 8.24. The molecule has 5 heteroatoms. The van der Waals surface area contributed by atoms with E-state index >= 15 is 0 Å². The maximum atomic E-state index is 10.3. The zero-order valence-corrected chi connectivity index (χ0v) is 9.72. The lowest BCUT2D eigenvalue weighted by Crippen LogP contribution is -2.07. The van der Waals surface area contributed by atoms with Crippen molar-refractivity contribution in [2.45, 2.75) is 32.1 Å². The standard InChI is InChI=1S/C12H17N3O2/c16-12(17)2-1-5-13-11-7-10(14-8-15-11)6-9-3-4-9/h7-9H,1-6H2,(H,16,17)(H,13,14,15). The maximum absolute atomic E-state index is 10.3. The van der Waals surface area contributed by atoms with Crippen molar-refractivity contribution in [2.75, 3.05) is 11.9 Å². The Hall–Kier alpha value is -1.65. The van der Waals surface area contributed by atoms with Crippen LogP contribution < -0.4 is 5.32 Å². The Morgan fingerprint density at radius 3 is 3.00 bits per heavy atom. The Kier molecular flexibility index (Phi) is 3.90. The number of aliphatic carboxylic acids is 1. The largest absolute Gasteiger partial charge is 0.481 e. The fraction of sp³-hybridized carbons (Fsp3) is 0.583. The van der Waals surface area contributed by atoms with Gasteiger partial charge in [0.15, 0.2) is 0 Å². The molecule has 1 aromatic rings. The van der Waals surface area contributed by atoms with Gasteiger partial charge in [-0.3, -0.25) is 4.79 Å². The van der Waals surface area contributed by atoms with Crippen molar-refractivity contribution in [3.05, 3.63) is 18.1 Å². The molecular weight excluding hydrogens is 218 g/mol. The monoisotopic (exact) mass is 235 g/mol. The van der Waals surface area contributed by atoms with Gasteiger partial charge in [0, 0.05) is 24.7 Å². The van der Waals surface area contributed by atoms with Crippen molar-refractivity contribution in [2.24, 2.45) is 5.92 Å². The minimum absolute atomic E-state index is 0.188. The highest BCUT2D eigenvalue weighted by Crippen LogP contribution is 2.32. The molecule has 0 aromatic carbocycles. The second-order valence-electron chi connectivity index (χ2n) is 4.47. The molecule has 0 unspecified atom stereocenters. The van der Waals surface area contributed by atoms with Gasteiger partial charge in [-0.1, -0.05) is 0 Å². The first-order valence-corrected chi connectivity index (χ1v) is 6.00. The summed E-state index contributed by atoms with van der Waals surface area (Å²) in [5.41, 5.74) is 1.07. The second kappa shape index (κ2) is 5.61. The quantitative estimate of drug-likeness (QED) is 0.704. The molecule has 1 aromatic heterocycles. The van der Waals surface area contributed by atoms with Crippen LogP contribution in [0.5, 0.6) is 0 Å². The molecule has 92 valence electrons. The topological polar surface area (TPSA) is 75.1 Å². The van der Waals surface area contributed by atoms with Gasteiger partial charge >= 0.3 is 5.97 Å². The summed E-state index contributed by atoms with van der Waals surface area (Å²) >= 11 is 0. The summed E-state index contributed by atoms with van der Waals surface area (Å²) in [5.74, 6) is 0.842. The van der Waals surface area contributed by atoms with E-state index in [-0.39, 0.29) is 6.42 Å². The fourth-order valence-corrected chi connectivity index (χ4v) is 1.68. The summed E-state index contributed by atoms with van der Waals surface area (Å²) in [4.78, 5) is 18.7. The van der Waals surface area contributed by atoms with Crippen molar-refractivity contribution in [3.63, 3.8) is 0 Å². The minimum Gasteiger partial charge on any atom is -0.481 e. The van der Waals surface area contributed by atoms with Crippen molar-refractivity contribution in [1.29, 1.82) is 0 Å². The third kappa shape index (κ3) is 4.38. The number of aromatic nitrogens is 2. The van der Waals surface area contributed by atoms with Gasteiger partial charge in [0.1, 0.15) is 12.1 Å². The molecule has 17 heavy (non-hydrogen) atoms. The Bertz CT molecular complexity index is 391. The molecule has 5 nitrogen and oxygen atoms in total. The van der Waals surface area contributed by atoms with Crippen molar-refractivity contribution in [3.8, 4) is 0 Å². The van der Waals surface area contributed by atoms with Gasteiger partial charge < -0.3 is 10.4 Å². The Balaban J connectivity index is 1.76. The molecule has 1 aliphatic carbocycles. The lowest BCUT2D eigenvalue weighted by atomic mass is 10.2. The van der Waals surface area contributed by atoms with E-state index in [4.69, 9.17) is 5.11 Å². The predicted octanol–water partition coefficient (Wildman–Crippen LogP) is 1.71. The second-order valence-corrected chi connectivity index (χ2v) is 4.47. The molecule has 1 heterocycles. The number of nitrogens with zero attached hydrogens (tertiary/aromatic N) is 2. The summed E-state index contributed by atoms with van der Waals surface area (Å²) in [6, 6.07) is 1.96. The molecule has 0 radical (unpaired) electrons. The van der Waals surface area contributed by atoms with Crippen LogP contribution in [0.2, 0.25) is 0 Å². The van der Waals surface area contributed by atoms with Crippen LogP contribution in [-0.4, -0.2) is 27.6 Å². The predicted molar refractivity (Wildman–Crippen MR) is 63.8 cm³/mol. The molecular formula is C12H17N3O2. The normalized spacial score (nSPS) is 14.6.